The fourth-order valence-corrected chi connectivity index (χ4v) is 5.13. The molecule has 0 unspecified atom stereocenters. The van der Waals surface area contributed by atoms with Crippen LogP contribution in [-0.4, -0.2) is 27.8 Å². The average Bonchev–Trinajstić information content (AvgIpc) is 3.03. The van der Waals surface area contributed by atoms with Gasteiger partial charge in [0.25, 0.3) is 0 Å². The van der Waals surface area contributed by atoms with Crippen LogP contribution in [0.25, 0.3) is 0 Å². The van der Waals surface area contributed by atoms with Gasteiger partial charge in [0, 0.05) is 36.5 Å². The summed E-state index contributed by atoms with van der Waals surface area (Å²) >= 11 is 0. The first-order valence-electron chi connectivity index (χ1n) is 12.0. The Morgan fingerprint density at radius 3 is 2.50 bits per heavy atom. The number of hydrogen-bond donors (Lipinski definition) is 2. The van der Waals surface area contributed by atoms with E-state index in [0.29, 0.717) is 35.4 Å². The molecule has 2 aromatic carbocycles. The fraction of sp³-hybridized carbons (Fsp3) is 0.241. The number of aromatic nitrogens is 1. The number of allylic oxidation sites excluding steroid dienone is 1. The molecule has 2 heterocycles. The van der Waals surface area contributed by atoms with Crippen molar-refractivity contribution in [2.45, 2.75) is 44.6 Å². The molecule has 0 spiro atoms. The zero-order valence-electron chi connectivity index (χ0n) is 20.0. The number of nitrogens with one attached hydrogen (secondary N) is 1. The SMILES string of the molecule is Cc1ccc([C@@H]2CC(=O)C3=C(C2)Nc2ccccc2N(C(=O)CCC(=O)O)[C@H]3c2cccnc2)cc1. The summed E-state index contributed by atoms with van der Waals surface area (Å²) in [6.45, 7) is 2.04. The number of Topliss-reactive ketones (excluding diaryl/α,β-unsaturated/α-hetero) is 1. The summed E-state index contributed by atoms with van der Waals surface area (Å²) in [6.07, 6.45) is 3.79. The van der Waals surface area contributed by atoms with Crippen molar-refractivity contribution in [2.75, 3.05) is 10.2 Å². The van der Waals surface area contributed by atoms with Crippen molar-refractivity contribution in [3.05, 3.63) is 101 Å². The lowest BCUT2D eigenvalue weighted by Gasteiger charge is -2.35. The second-order valence-corrected chi connectivity index (χ2v) is 9.32. The monoisotopic (exact) mass is 481 g/mol. The Labute approximate surface area is 209 Å². The van der Waals surface area contributed by atoms with E-state index < -0.39 is 12.0 Å². The summed E-state index contributed by atoms with van der Waals surface area (Å²) < 4.78 is 0. The fourth-order valence-electron chi connectivity index (χ4n) is 5.13. The molecule has 3 aromatic rings. The van der Waals surface area contributed by atoms with E-state index in [4.69, 9.17) is 0 Å². The Hall–Kier alpha value is -4.26. The van der Waals surface area contributed by atoms with E-state index in [2.05, 4.69) is 34.6 Å². The molecule has 0 bridgehead atoms. The first kappa shape index (κ1) is 23.5. The highest BCUT2D eigenvalue weighted by Crippen LogP contribution is 2.47. The van der Waals surface area contributed by atoms with Crippen LogP contribution in [0.15, 0.2) is 84.3 Å². The second-order valence-electron chi connectivity index (χ2n) is 9.32. The van der Waals surface area contributed by atoms with Crippen LogP contribution in [0.4, 0.5) is 11.4 Å². The van der Waals surface area contributed by atoms with Crippen molar-refractivity contribution >= 4 is 29.0 Å². The number of carbonyl (C=O) groups is 3. The largest absolute Gasteiger partial charge is 0.481 e. The zero-order chi connectivity index (χ0) is 25.2. The third-order valence-electron chi connectivity index (χ3n) is 6.86. The van der Waals surface area contributed by atoms with E-state index in [1.165, 1.54) is 0 Å². The maximum absolute atomic E-state index is 13.9. The van der Waals surface area contributed by atoms with Gasteiger partial charge in [-0.2, -0.15) is 0 Å². The predicted octanol–water partition coefficient (Wildman–Crippen LogP) is 5.16. The summed E-state index contributed by atoms with van der Waals surface area (Å²) in [7, 11) is 0. The molecule has 182 valence electrons. The smallest absolute Gasteiger partial charge is 0.303 e. The van der Waals surface area contributed by atoms with Gasteiger partial charge in [0.15, 0.2) is 5.78 Å². The molecule has 0 saturated carbocycles. The van der Waals surface area contributed by atoms with Gasteiger partial charge in [0.2, 0.25) is 5.91 Å². The van der Waals surface area contributed by atoms with Gasteiger partial charge in [-0.3, -0.25) is 24.3 Å². The van der Waals surface area contributed by atoms with E-state index in [9.17, 15) is 19.5 Å². The van der Waals surface area contributed by atoms with Gasteiger partial charge in [-0.25, -0.2) is 0 Å². The number of pyridine rings is 1. The summed E-state index contributed by atoms with van der Waals surface area (Å²) in [5.74, 6) is -1.42. The van der Waals surface area contributed by atoms with E-state index in [1.54, 1.807) is 23.4 Å². The van der Waals surface area contributed by atoms with E-state index in [0.717, 1.165) is 16.8 Å². The van der Waals surface area contributed by atoms with Crippen LogP contribution >= 0.6 is 0 Å². The van der Waals surface area contributed by atoms with E-state index in [1.807, 2.05) is 37.3 Å². The van der Waals surface area contributed by atoms with Gasteiger partial charge in [0.05, 0.1) is 23.8 Å². The van der Waals surface area contributed by atoms with Crippen LogP contribution in [0.2, 0.25) is 0 Å². The molecule has 36 heavy (non-hydrogen) atoms. The predicted molar refractivity (Wildman–Crippen MR) is 137 cm³/mol. The highest BCUT2D eigenvalue weighted by Gasteiger charge is 2.41. The van der Waals surface area contributed by atoms with Crippen LogP contribution in [0, 0.1) is 6.92 Å². The number of nitrogens with zero attached hydrogens (tertiary/aromatic N) is 2. The summed E-state index contributed by atoms with van der Waals surface area (Å²) in [4.78, 5) is 44.5. The number of rotatable bonds is 5. The summed E-state index contributed by atoms with van der Waals surface area (Å²) in [5, 5.41) is 12.7. The zero-order valence-corrected chi connectivity index (χ0v) is 20.0. The number of anilines is 2. The van der Waals surface area contributed by atoms with Crippen LogP contribution in [0.1, 0.15) is 54.3 Å². The maximum atomic E-state index is 13.9. The van der Waals surface area contributed by atoms with Gasteiger partial charge in [-0.15, -0.1) is 0 Å². The third kappa shape index (κ3) is 4.52. The molecule has 1 aliphatic carbocycles. The number of carboxylic acid groups (broad SMARTS) is 1. The third-order valence-corrected chi connectivity index (χ3v) is 6.86. The normalized spacial score (nSPS) is 19.1. The first-order valence-corrected chi connectivity index (χ1v) is 12.0. The molecule has 5 rings (SSSR count). The van der Waals surface area contributed by atoms with Gasteiger partial charge < -0.3 is 10.4 Å². The Morgan fingerprint density at radius 1 is 1.00 bits per heavy atom. The molecule has 2 N–H and O–H groups in total. The minimum Gasteiger partial charge on any atom is -0.481 e. The van der Waals surface area contributed by atoms with Crippen LogP contribution in [-0.2, 0) is 14.4 Å². The van der Waals surface area contributed by atoms with Crippen LogP contribution in [0.5, 0.6) is 0 Å². The van der Waals surface area contributed by atoms with Crippen molar-refractivity contribution in [2.24, 2.45) is 0 Å². The molecule has 1 aromatic heterocycles. The minimum absolute atomic E-state index is 0.0142. The summed E-state index contributed by atoms with van der Waals surface area (Å²) in [6, 6.07) is 18.6. The molecule has 2 atom stereocenters. The second kappa shape index (κ2) is 9.77. The van der Waals surface area contributed by atoms with Crippen molar-refractivity contribution in [3.63, 3.8) is 0 Å². The Morgan fingerprint density at radius 2 is 1.78 bits per heavy atom. The number of aliphatic carboxylic acids is 1. The van der Waals surface area contributed by atoms with Gasteiger partial charge in [-0.05, 0) is 48.6 Å². The number of fused-ring (bicyclic) bond motifs is 1. The summed E-state index contributed by atoms with van der Waals surface area (Å²) in [5.41, 5.74) is 5.60. The van der Waals surface area contributed by atoms with Crippen molar-refractivity contribution in [1.29, 1.82) is 0 Å². The van der Waals surface area contributed by atoms with E-state index in [-0.39, 0.29) is 30.4 Å². The lowest BCUT2D eigenvalue weighted by Crippen LogP contribution is -2.38. The highest BCUT2D eigenvalue weighted by atomic mass is 16.4. The molecule has 0 radical (unpaired) electrons. The number of carboxylic acids is 1. The number of aryl methyl sites for hydroxylation is 1. The molecular formula is C29H27N3O4. The van der Waals surface area contributed by atoms with Crippen LogP contribution in [0.3, 0.4) is 0 Å². The Kier molecular flexibility index (Phi) is 6.38. The minimum atomic E-state index is -1.04. The molecule has 0 fully saturated rings. The molecule has 0 saturated heterocycles. The lowest BCUT2D eigenvalue weighted by atomic mass is 9.78. The standard InChI is InChI=1S/C29H27N3O4/c1-18-8-10-19(11-9-18)21-15-23-28(25(33)16-21)29(20-5-4-14-30-17-20)32(26(34)12-13-27(35)36)24-7-3-2-6-22(24)31-23/h2-11,14,17,21,29,31H,12-13,15-16H2,1H3,(H,35,36)/t21-,29-/m0/s1. The molecule has 7 heteroatoms. The highest BCUT2D eigenvalue weighted by molar-refractivity contribution is 6.06. The number of benzene rings is 2. The van der Waals surface area contributed by atoms with Crippen molar-refractivity contribution in [3.8, 4) is 0 Å². The topological polar surface area (TPSA) is 99.6 Å². The molecule has 2 aliphatic rings. The molecule has 1 amide bonds. The quantitative estimate of drug-likeness (QED) is 0.523. The first-order chi connectivity index (χ1) is 17.4. The molecule has 7 nitrogen and oxygen atoms in total. The number of para-hydroxylation sites is 2. The lowest BCUT2D eigenvalue weighted by molar-refractivity contribution is -0.138. The number of amides is 1. The van der Waals surface area contributed by atoms with Gasteiger partial charge in [0.1, 0.15) is 0 Å². The van der Waals surface area contributed by atoms with Crippen LogP contribution < -0.4 is 10.2 Å². The van der Waals surface area contributed by atoms with Crippen molar-refractivity contribution < 1.29 is 19.5 Å². The average molecular weight is 482 g/mol. The number of hydrogen-bond acceptors (Lipinski definition) is 5. The van der Waals surface area contributed by atoms with E-state index >= 15 is 0 Å². The van der Waals surface area contributed by atoms with Gasteiger partial charge >= 0.3 is 5.97 Å². The number of ketones is 1. The Bertz CT molecular complexity index is 1350. The van der Waals surface area contributed by atoms with Gasteiger partial charge in [-0.1, -0.05) is 48.0 Å². The van der Waals surface area contributed by atoms with Crippen molar-refractivity contribution in [1.82, 2.24) is 4.98 Å². The molecular weight excluding hydrogens is 454 g/mol. The molecule has 1 aliphatic heterocycles. The number of carbonyl (C=O) groups excluding carboxylic acids is 2. The Balaban J connectivity index is 1.66. The maximum Gasteiger partial charge on any atom is 0.303 e.